The maximum absolute atomic E-state index is 12.5. The molecule has 1 aromatic heterocycles. The molecule has 0 aromatic carbocycles. The zero-order chi connectivity index (χ0) is 9.30. The van der Waals surface area contributed by atoms with Gasteiger partial charge in [0, 0.05) is 9.64 Å². The Kier molecular flexibility index (Phi) is 2.55. The highest BCUT2D eigenvalue weighted by Gasteiger charge is 2.17. The van der Waals surface area contributed by atoms with Crippen LogP contribution in [-0.4, -0.2) is 9.91 Å². The Bertz CT molecular complexity index is 343. The van der Waals surface area contributed by atoms with E-state index in [2.05, 4.69) is 4.98 Å². The van der Waals surface area contributed by atoms with E-state index in [0.717, 1.165) is 6.07 Å². The van der Waals surface area contributed by atoms with Gasteiger partial charge >= 0.3 is 11.8 Å². The van der Waals surface area contributed by atoms with Gasteiger partial charge in [-0.05, 0) is 39.4 Å². The Morgan fingerprint density at radius 3 is 2.83 bits per heavy atom. The van der Waals surface area contributed by atoms with Crippen molar-refractivity contribution >= 4 is 28.4 Å². The Morgan fingerprint density at radius 1 is 1.75 bits per heavy atom. The molecule has 0 bridgehead atoms. The van der Waals surface area contributed by atoms with Crippen molar-refractivity contribution < 1.29 is 9.31 Å². The summed E-state index contributed by atoms with van der Waals surface area (Å²) in [6.45, 7) is 1.53. The Labute approximate surface area is 81.1 Å². The molecule has 1 rings (SSSR count). The fraction of sp³-hybridized carbons (Fsp3) is 0.167. The van der Waals surface area contributed by atoms with Crippen molar-refractivity contribution in [2.24, 2.45) is 0 Å². The minimum Gasteiger partial charge on any atom is -0.358 e. The average molecular weight is 282 g/mol. The van der Waals surface area contributed by atoms with Crippen LogP contribution in [0.1, 0.15) is 5.56 Å². The molecule has 0 saturated carbocycles. The molecule has 64 valence electrons. The Morgan fingerprint density at radius 2 is 2.33 bits per heavy atom. The molecule has 12 heavy (non-hydrogen) atoms. The van der Waals surface area contributed by atoms with Gasteiger partial charge in [0.05, 0.1) is 5.56 Å². The van der Waals surface area contributed by atoms with Gasteiger partial charge in [0.25, 0.3) is 0 Å². The first kappa shape index (κ1) is 9.30. The first-order valence-electron chi connectivity index (χ1n) is 2.99. The SMILES string of the molecule is Cc1c(I)cc(F)nc1[N+](=O)[O-]. The van der Waals surface area contributed by atoms with Crippen LogP contribution in [0.25, 0.3) is 0 Å². The van der Waals surface area contributed by atoms with E-state index in [1.807, 2.05) is 22.6 Å². The van der Waals surface area contributed by atoms with Crippen LogP contribution in [0.15, 0.2) is 6.07 Å². The number of nitrogens with zero attached hydrogens (tertiary/aromatic N) is 2. The van der Waals surface area contributed by atoms with Crippen molar-refractivity contribution in [3.05, 3.63) is 31.3 Å². The maximum atomic E-state index is 12.5. The molecule has 0 aliphatic rings. The predicted molar refractivity (Wildman–Crippen MR) is 48.3 cm³/mol. The molecule has 0 aliphatic heterocycles. The average Bonchev–Trinajstić information content (AvgIpc) is 1.96. The zero-order valence-corrected chi connectivity index (χ0v) is 8.20. The fourth-order valence-electron chi connectivity index (χ4n) is 0.715. The summed E-state index contributed by atoms with van der Waals surface area (Å²) in [7, 11) is 0. The van der Waals surface area contributed by atoms with Crippen LogP contribution in [-0.2, 0) is 0 Å². The van der Waals surface area contributed by atoms with Crippen LogP contribution >= 0.6 is 22.6 Å². The minimum absolute atomic E-state index is 0.391. The minimum atomic E-state index is -0.822. The maximum Gasteiger partial charge on any atom is 0.370 e. The Hall–Kier alpha value is -0.790. The summed E-state index contributed by atoms with van der Waals surface area (Å²) in [5.41, 5.74) is 0.391. The fourth-order valence-corrected chi connectivity index (χ4v) is 1.21. The molecule has 4 nitrogen and oxygen atoms in total. The lowest BCUT2D eigenvalue weighted by molar-refractivity contribution is -0.390. The molecular formula is C6H4FIN2O2. The molecule has 6 heteroatoms. The van der Waals surface area contributed by atoms with E-state index in [1.165, 1.54) is 6.92 Å². The quantitative estimate of drug-likeness (QED) is 0.343. The van der Waals surface area contributed by atoms with Crippen LogP contribution in [0, 0.1) is 26.6 Å². The van der Waals surface area contributed by atoms with Crippen molar-refractivity contribution in [3.8, 4) is 0 Å². The summed E-state index contributed by atoms with van der Waals surface area (Å²) in [6.07, 6.45) is 0. The van der Waals surface area contributed by atoms with Crippen LogP contribution in [0.5, 0.6) is 0 Å². The number of rotatable bonds is 1. The van der Waals surface area contributed by atoms with Gasteiger partial charge in [-0.3, -0.25) is 0 Å². The largest absolute Gasteiger partial charge is 0.370 e. The molecule has 0 unspecified atom stereocenters. The van der Waals surface area contributed by atoms with Crippen LogP contribution in [0.2, 0.25) is 0 Å². The van der Waals surface area contributed by atoms with Gasteiger partial charge in [0.2, 0.25) is 0 Å². The van der Waals surface area contributed by atoms with Crippen molar-refractivity contribution in [1.29, 1.82) is 0 Å². The van der Waals surface area contributed by atoms with Gasteiger partial charge < -0.3 is 10.1 Å². The highest BCUT2D eigenvalue weighted by molar-refractivity contribution is 14.1. The van der Waals surface area contributed by atoms with E-state index in [-0.39, 0.29) is 0 Å². The van der Waals surface area contributed by atoms with Crippen LogP contribution in [0.3, 0.4) is 0 Å². The number of hydrogen-bond acceptors (Lipinski definition) is 3. The summed E-state index contributed by atoms with van der Waals surface area (Å²) in [5.74, 6) is -1.24. The van der Waals surface area contributed by atoms with E-state index in [0.29, 0.717) is 9.13 Å². The van der Waals surface area contributed by atoms with Gasteiger partial charge in [0.1, 0.15) is 0 Å². The highest BCUT2D eigenvalue weighted by atomic mass is 127. The van der Waals surface area contributed by atoms with E-state index in [1.54, 1.807) is 0 Å². The van der Waals surface area contributed by atoms with E-state index < -0.39 is 16.7 Å². The molecule has 1 aromatic rings. The summed E-state index contributed by atoms with van der Waals surface area (Å²) in [4.78, 5) is 12.8. The zero-order valence-electron chi connectivity index (χ0n) is 6.04. The van der Waals surface area contributed by atoms with Gasteiger partial charge in [-0.15, -0.1) is 0 Å². The second-order valence-corrected chi connectivity index (χ2v) is 3.29. The van der Waals surface area contributed by atoms with Gasteiger partial charge in [-0.1, -0.05) is 0 Å². The first-order valence-corrected chi connectivity index (χ1v) is 4.07. The van der Waals surface area contributed by atoms with Gasteiger partial charge in [-0.25, -0.2) is 0 Å². The molecular weight excluding hydrogens is 278 g/mol. The molecule has 1 heterocycles. The summed E-state index contributed by atoms with van der Waals surface area (Å²) in [5, 5.41) is 10.3. The van der Waals surface area contributed by atoms with Crippen molar-refractivity contribution in [2.45, 2.75) is 6.92 Å². The lowest BCUT2D eigenvalue weighted by Crippen LogP contribution is -1.99. The third-order valence-electron chi connectivity index (χ3n) is 1.33. The molecule has 0 N–H and O–H groups in total. The standard InChI is InChI=1S/C6H4FIN2O2/c1-3-4(8)2-5(7)9-6(3)10(11)12/h2H,1H3. The Balaban J connectivity index is 3.37. The topological polar surface area (TPSA) is 56.0 Å². The highest BCUT2D eigenvalue weighted by Crippen LogP contribution is 2.20. The molecule has 0 saturated heterocycles. The normalized spacial score (nSPS) is 9.92. The number of pyridine rings is 1. The van der Waals surface area contributed by atoms with Crippen molar-refractivity contribution in [1.82, 2.24) is 4.98 Å². The number of hydrogen-bond donors (Lipinski definition) is 0. The molecule has 0 spiro atoms. The van der Waals surface area contributed by atoms with Crippen molar-refractivity contribution in [3.63, 3.8) is 0 Å². The second-order valence-electron chi connectivity index (χ2n) is 2.13. The van der Waals surface area contributed by atoms with Crippen LogP contribution < -0.4 is 0 Å². The lowest BCUT2D eigenvalue weighted by atomic mass is 10.3. The number of halogens is 2. The van der Waals surface area contributed by atoms with Crippen molar-refractivity contribution in [2.75, 3.05) is 0 Å². The summed E-state index contributed by atoms with van der Waals surface area (Å²) >= 11 is 1.82. The summed E-state index contributed by atoms with van der Waals surface area (Å²) < 4.78 is 13.1. The second kappa shape index (κ2) is 3.30. The molecule has 0 aliphatic carbocycles. The third-order valence-corrected chi connectivity index (χ3v) is 2.45. The monoisotopic (exact) mass is 282 g/mol. The molecule has 0 radical (unpaired) electrons. The van der Waals surface area contributed by atoms with Crippen LogP contribution in [0.4, 0.5) is 10.2 Å². The van der Waals surface area contributed by atoms with Gasteiger partial charge in [0.15, 0.2) is 0 Å². The smallest absolute Gasteiger partial charge is 0.358 e. The third kappa shape index (κ3) is 1.68. The van der Waals surface area contributed by atoms with Gasteiger partial charge in [-0.2, -0.15) is 4.39 Å². The first-order chi connectivity index (χ1) is 5.52. The lowest BCUT2D eigenvalue weighted by Gasteiger charge is -1.97. The number of nitro groups is 1. The van der Waals surface area contributed by atoms with E-state index >= 15 is 0 Å². The van der Waals surface area contributed by atoms with E-state index in [9.17, 15) is 14.5 Å². The van der Waals surface area contributed by atoms with E-state index in [4.69, 9.17) is 0 Å². The summed E-state index contributed by atoms with van der Waals surface area (Å²) in [6, 6.07) is 1.16. The molecule has 0 atom stereocenters. The molecule has 0 fully saturated rings. The number of aromatic nitrogens is 1. The molecule has 0 amide bonds. The predicted octanol–water partition coefficient (Wildman–Crippen LogP) is 2.04.